The molecule has 0 aliphatic carbocycles. The first-order valence-corrected chi connectivity index (χ1v) is 9.77. The zero-order valence-electron chi connectivity index (χ0n) is 16.6. The lowest BCUT2D eigenvalue weighted by atomic mass is 9.62. The quantitative estimate of drug-likeness (QED) is 0.811. The number of benzene rings is 1. The highest BCUT2D eigenvalue weighted by Crippen LogP contribution is 2.50. The van der Waals surface area contributed by atoms with Gasteiger partial charge in [0.1, 0.15) is 0 Å². The average molecular weight is 357 g/mol. The minimum atomic E-state index is -0.0105. The number of nitrogens with zero attached hydrogens (tertiary/aromatic N) is 2. The Morgan fingerprint density at radius 3 is 2.35 bits per heavy atom. The third-order valence-electron chi connectivity index (χ3n) is 6.12. The zero-order chi connectivity index (χ0) is 18.9. The Hall–Kier alpha value is -1.84. The van der Waals surface area contributed by atoms with Crippen LogP contribution in [-0.2, 0) is 9.59 Å². The number of amides is 2. The molecule has 2 heterocycles. The number of carbonyl (C=O) groups is 2. The summed E-state index contributed by atoms with van der Waals surface area (Å²) in [5.41, 5.74) is 1.33. The van der Waals surface area contributed by atoms with Crippen molar-refractivity contribution in [3.8, 4) is 0 Å². The molecule has 1 unspecified atom stereocenters. The highest BCUT2D eigenvalue weighted by molar-refractivity contribution is 5.79. The van der Waals surface area contributed by atoms with Gasteiger partial charge in [0, 0.05) is 45.4 Å². The van der Waals surface area contributed by atoms with Crippen LogP contribution in [0.4, 0.5) is 0 Å². The summed E-state index contributed by atoms with van der Waals surface area (Å²) in [5, 5.41) is 0. The molecule has 2 saturated heterocycles. The molecule has 0 saturated carbocycles. The predicted octanol–water partition coefficient (Wildman–Crippen LogP) is 3.68. The van der Waals surface area contributed by atoms with Crippen molar-refractivity contribution in [1.82, 2.24) is 9.80 Å². The zero-order valence-corrected chi connectivity index (χ0v) is 16.6. The van der Waals surface area contributed by atoms with E-state index in [-0.39, 0.29) is 22.6 Å². The van der Waals surface area contributed by atoms with Gasteiger partial charge < -0.3 is 9.80 Å². The van der Waals surface area contributed by atoms with Crippen LogP contribution in [0, 0.1) is 10.8 Å². The van der Waals surface area contributed by atoms with E-state index in [4.69, 9.17) is 0 Å². The minimum Gasteiger partial charge on any atom is -0.345 e. The molecule has 4 nitrogen and oxygen atoms in total. The summed E-state index contributed by atoms with van der Waals surface area (Å²) in [6.07, 6.45) is 3.03. The monoisotopic (exact) mass is 356 g/mol. The van der Waals surface area contributed by atoms with E-state index in [1.54, 1.807) is 0 Å². The van der Waals surface area contributed by atoms with E-state index in [1.165, 1.54) is 5.56 Å². The smallest absolute Gasteiger partial charge is 0.223 e. The lowest BCUT2D eigenvalue weighted by Crippen LogP contribution is -2.53. The first kappa shape index (κ1) is 18.9. The van der Waals surface area contributed by atoms with Gasteiger partial charge in [-0.1, -0.05) is 51.1 Å². The van der Waals surface area contributed by atoms with E-state index in [2.05, 4.69) is 45.0 Å². The van der Waals surface area contributed by atoms with E-state index in [1.807, 2.05) is 22.9 Å². The van der Waals surface area contributed by atoms with Gasteiger partial charge >= 0.3 is 0 Å². The predicted molar refractivity (Wildman–Crippen MR) is 104 cm³/mol. The van der Waals surface area contributed by atoms with E-state index in [0.717, 1.165) is 32.5 Å². The fraction of sp³-hybridized carbons (Fsp3) is 0.636. The second-order valence-corrected chi connectivity index (χ2v) is 9.39. The van der Waals surface area contributed by atoms with Gasteiger partial charge in [-0.2, -0.15) is 0 Å². The Morgan fingerprint density at radius 2 is 1.77 bits per heavy atom. The minimum absolute atomic E-state index is 0.0105. The number of rotatable bonds is 2. The van der Waals surface area contributed by atoms with Crippen molar-refractivity contribution in [3.05, 3.63) is 35.9 Å². The Morgan fingerprint density at radius 1 is 1.15 bits per heavy atom. The molecule has 2 amide bonds. The highest BCUT2D eigenvalue weighted by atomic mass is 16.2. The van der Waals surface area contributed by atoms with Crippen LogP contribution < -0.4 is 0 Å². The van der Waals surface area contributed by atoms with E-state index in [9.17, 15) is 9.59 Å². The van der Waals surface area contributed by atoms with Gasteiger partial charge in [-0.15, -0.1) is 0 Å². The number of hydrogen-bond donors (Lipinski definition) is 0. The lowest BCUT2D eigenvalue weighted by Gasteiger charge is -2.51. The van der Waals surface area contributed by atoms with Crippen LogP contribution in [0.1, 0.15) is 57.9 Å². The first-order valence-electron chi connectivity index (χ1n) is 9.77. The Balaban J connectivity index is 1.77. The molecule has 1 aromatic carbocycles. The second-order valence-electron chi connectivity index (χ2n) is 9.39. The lowest BCUT2D eigenvalue weighted by molar-refractivity contribution is -0.142. The van der Waals surface area contributed by atoms with Gasteiger partial charge in [-0.05, 0) is 29.2 Å². The first-order chi connectivity index (χ1) is 12.2. The largest absolute Gasteiger partial charge is 0.345 e. The average Bonchev–Trinajstić information content (AvgIpc) is 2.58. The molecule has 0 radical (unpaired) electrons. The van der Waals surface area contributed by atoms with Crippen LogP contribution in [0.15, 0.2) is 30.3 Å². The summed E-state index contributed by atoms with van der Waals surface area (Å²) in [7, 11) is 1.91. The summed E-state index contributed by atoms with van der Waals surface area (Å²) < 4.78 is 0. The Bertz CT molecular complexity index is 654. The molecule has 1 aromatic rings. The van der Waals surface area contributed by atoms with Crippen molar-refractivity contribution in [2.24, 2.45) is 10.8 Å². The van der Waals surface area contributed by atoms with Crippen LogP contribution in [0.2, 0.25) is 0 Å². The second kappa shape index (κ2) is 7.05. The maximum Gasteiger partial charge on any atom is 0.223 e. The normalized spacial score (nSPS) is 23.4. The molecule has 1 atom stereocenters. The van der Waals surface area contributed by atoms with Gasteiger partial charge in [-0.25, -0.2) is 0 Å². The van der Waals surface area contributed by atoms with Crippen molar-refractivity contribution >= 4 is 11.8 Å². The van der Waals surface area contributed by atoms with Crippen LogP contribution in [0.5, 0.6) is 0 Å². The van der Waals surface area contributed by atoms with Gasteiger partial charge in [0.05, 0.1) is 0 Å². The van der Waals surface area contributed by atoms with Crippen LogP contribution in [-0.4, -0.2) is 48.3 Å². The van der Waals surface area contributed by atoms with Crippen molar-refractivity contribution < 1.29 is 9.59 Å². The third-order valence-corrected chi connectivity index (χ3v) is 6.12. The molecule has 2 aliphatic heterocycles. The molecule has 26 heavy (non-hydrogen) atoms. The van der Waals surface area contributed by atoms with Gasteiger partial charge in [-0.3, -0.25) is 9.59 Å². The van der Waals surface area contributed by atoms with Crippen molar-refractivity contribution in [1.29, 1.82) is 0 Å². The molecule has 0 aromatic heterocycles. The third kappa shape index (κ3) is 3.94. The maximum atomic E-state index is 12.6. The van der Waals surface area contributed by atoms with E-state index in [0.29, 0.717) is 18.8 Å². The summed E-state index contributed by atoms with van der Waals surface area (Å²) in [5.74, 6) is 0.848. The van der Waals surface area contributed by atoms with Gasteiger partial charge in [0.25, 0.3) is 0 Å². The number of hydrogen-bond acceptors (Lipinski definition) is 2. The molecule has 2 aliphatic rings. The van der Waals surface area contributed by atoms with E-state index >= 15 is 0 Å². The molecule has 0 N–H and O–H groups in total. The number of piperidine rings is 2. The number of carbonyl (C=O) groups excluding carboxylic acids is 2. The molecular formula is C22H32N2O2. The van der Waals surface area contributed by atoms with Gasteiger partial charge in [0.15, 0.2) is 0 Å². The summed E-state index contributed by atoms with van der Waals surface area (Å²) >= 11 is 0. The summed E-state index contributed by atoms with van der Waals surface area (Å²) in [4.78, 5) is 29.0. The SMILES string of the molecule is CN1CC(c2ccccc2)C2(CCN(C(=O)CC(C)(C)C)CC2)CC1=O. The van der Waals surface area contributed by atoms with Crippen LogP contribution in [0.25, 0.3) is 0 Å². The molecule has 4 heteroatoms. The summed E-state index contributed by atoms with van der Waals surface area (Å²) in [6, 6.07) is 10.6. The molecule has 142 valence electrons. The van der Waals surface area contributed by atoms with Crippen molar-refractivity contribution in [2.45, 2.75) is 52.4 Å². The van der Waals surface area contributed by atoms with Crippen LogP contribution >= 0.6 is 0 Å². The van der Waals surface area contributed by atoms with Crippen molar-refractivity contribution in [3.63, 3.8) is 0 Å². The molecule has 1 spiro atoms. The fourth-order valence-electron chi connectivity index (χ4n) is 4.57. The topological polar surface area (TPSA) is 40.6 Å². The molecule has 3 rings (SSSR count). The van der Waals surface area contributed by atoms with Crippen LogP contribution in [0.3, 0.4) is 0 Å². The number of likely N-dealkylation sites (tertiary alicyclic amines) is 2. The Kier molecular flexibility index (Phi) is 5.14. The highest BCUT2D eigenvalue weighted by Gasteiger charge is 2.48. The maximum absolute atomic E-state index is 12.6. The fourth-order valence-corrected chi connectivity index (χ4v) is 4.57. The molecule has 0 bridgehead atoms. The van der Waals surface area contributed by atoms with E-state index < -0.39 is 0 Å². The Labute approximate surface area is 157 Å². The summed E-state index contributed by atoms with van der Waals surface area (Å²) in [6.45, 7) is 8.65. The molecular weight excluding hydrogens is 324 g/mol. The number of likely N-dealkylation sites (N-methyl/N-ethyl adjacent to an activating group) is 1. The van der Waals surface area contributed by atoms with Crippen molar-refractivity contribution in [2.75, 3.05) is 26.7 Å². The van der Waals surface area contributed by atoms with Gasteiger partial charge in [0.2, 0.25) is 11.8 Å². The standard InChI is InChI=1S/C22H32N2O2/c1-21(2,3)14-20(26)24-12-10-22(11-13-24)15-19(25)23(4)16-18(22)17-8-6-5-7-9-17/h5-9,18H,10-16H2,1-4H3. The molecule has 2 fully saturated rings.